The lowest BCUT2D eigenvalue weighted by molar-refractivity contribution is -0.484. The van der Waals surface area contributed by atoms with Gasteiger partial charge in [-0.2, -0.15) is 5.10 Å². The minimum absolute atomic E-state index is 0.288. The van der Waals surface area contributed by atoms with Crippen LogP contribution >= 0.6 is 23.2 Å². The Labute approximate surface area is 126 Å². The molecule has 2 aromatic rings. The van der Waals surface area contributed by atoms with Gasteiger partial charge < -0.3 is 0 Å². The third-order valence-electron chi connectivity index (χ3n) is 2.98. The number of halogens is 2. The second-order valence-corrected chi connectivity index (χ2v) is 5.41. The highest BCUT2D eigenvalue weighted by Gasteiger charge is 2.24. The Balaban J connectivity index is 2.52. The van der Waals surface area contributed by atoms with Crippen LogP contribution in [0.3, 0.4) is 0 Å². The summed E-state index contributed by atoms with van der Waals surface area (Å²) in [6.45, 7) is 3.41. The first-order valence-corrected chi connectivity index (χ1v) is 6.73. The van der Waals surface area contributed by atoms with Crippen molar-refractivity contribution in [2.45, 2.75) is 19.9 Å². The molecular formula is C13H13Cl2N3O2. The summed E-state index contributed by atoms with van der Waals surface area (Å²) in [6, 6.07) is 6.27. The average molecular weight is 314 g/mol. The quantitative estimate of drug-likeness (QED) is 0.639. The standard InChI is InChI=1S/C13H13Cl2N3O2/c1-8-5-9(2)18(16-8)13(7-17(19)20)11-4-3-10(14)6-12(11)15/h3-6,13H,7H2,1-2H3/t13-/m1/s1. The van der Waals surface area contributed by atoms with Gasteiger partial charge in [0.25, 0.3) is 0 Å². The molecule has 0 unspecified atom stereocenters. The van der Waals surface area contributed by atoms with E-state index in [0.717, 1.165) is 11.4 Å². The number of hydrogen-bond donors (Lipinski definition) is 0. The molecule has 0 aliphatic rings. The summed E-state index contributed by atoms with van der Waals surface area (Å²) in [7, 11) is 0. The predicted molar refractivity (Wildman–Crippen MR) is 78.2 cm³/mol. The molecule has 1 heterocycles. The van der Waals surface area contributed by atoms with Crippen molar-refractivity contribution >= 4 is 23.2 Å². The van der Waals surface area contributed by atoms with Gasteiger partial charge in [-0.1, -0.05) is 29.3 Å². The van der Waals surface area contributed by atoms with Crippen LogP contribution in [0, 0.1) is 24.0 Å². The van der Waals surface area contributed by atoms with E-state index in [-0.39, 0.29) is 11.5 Å². The van der Waals surface area contributed by atoms with E-state index in [9.17, 15) is 10.1 Å². The summed E-state index contributed by atoms with van der Waals surface area (Å²) in [5.74, 6) is 0. The number of benzene rings is 1. The Hall–Kier alpha value is -1.59. The fourth-order valence-electron chi connectivity index (χ4n) is 2.18. The van der Waals surface area contributed by atoms with Crippen molar-refractivity contribution in [3.63, 3.8) is 0 Å². The molecule has 7 heteroatoms. The second-order valence-electron chi connectivity index (χ2n) is 4.57. The highest BCUT2D eigenvalue weighted by atomic mass is 35.5. The maximum Gasteiger partial charge on any atom is 0.230 e. The van der Waals surface area contributed by atoms with E-state index < -0.39 is 6.04 Å². The molecule has 0 aliphatic heterocycles. The molecule has 5 nitrogen and oxygen atoms in total. The number of nitro groups is 1. The van der Waals surface area contributed by atoms with E-state index in [2.05, 4.69) is 5.10 Å². The van der Waals surface area contributed by atoms with E-state index in [1.807, 2.05) is 19.9 Å². The topological polar surface area (TPSA) is 61.0 Å². The Kier molecular flexibility index (Phi) is 4.30. The summed E-state index contributed by atoms with van der Waals surface area (Å²) >= 11 is 12.0. The van der Waals surface area contributed by atoms with Gasteiger partial charge in [0.05, 0.1) is 5.69 Å². The first kappa shape index (κ1) is 14.8. The molecular weight excluding hydrogens is 301 g/mol. The molecule has 1 aromatic heterocycles. The van der Waals surface area contributed by atoms with Crippen molar-refractivity contribution in [3.8, 4) is 0 Å². The Morgan fingerprint density at radius 1 is 1.35 bits per heavy atom. The highest BCUT2D eigenvalue weighted by Crippen LogP contribution is 2.29. The van der Waals surface area contributed by atoms with Crippen LogP contribution in [0.5, 0.6) is 0 Å². The van der Waals surface area contributed by atoms with Crippen LogP contribution in [0.25, 0.3) is 0 Å². The molecule has 1 atom stereocenters. The van der Waals surface area contributed by atoms with Crippen molar-refractivity contribution in [1.29, 1.82) is 0 Å². The smallest absolute Gasteiger partial charge is 0.230 e. The van der Waals surface area contributed by atoms with Crippen LogP contribution in [0.4, 0.5) is 0 Å². The third-order valence-corrected chi connectivity index (χ3v) is 3.55. The third kappa shape index (κ3) is 3.11. The zero-order chi connectivity index (χ0) is 14.9. The summed E-state index contributed by atoms with van der Waals surface area (Å²) in [5.41, 5.74) is 2.29. The monoisotopic (exact) mass is 313 g/mol. The molecule has 0 N–H and O–H groups in total. The van der Waals surface area contributed by atoms with E-state index in [1.54, 1.807) is 22.9 Å². The zero-order valence-corrected chi connectivity index (χ0v) is 12.5. The molecule has 0 aliphatic carbocycles. The molecule has 20 heavy (non-hydrogen) atoms. The van der Waals surface area contributed by atoms with E-state index in [0.29, 0.717) is 15.6 Å². The SMILES string of the molecule is Cc1cc(C)n([C@H](C[N+](=O)[O-])c2ccc(Cl)cc2Cl)n1. The lowest BCUT2D eigenvalue weighted by atomic mass is 10.1. The van der Waals surface area contributed by atoms with Crippen LogP contribution in [-0.2, 0) is 0 Å². The second kappa shape index (κ2) is 5.81. The molecule has 0 radical (unpaired) electrons. The van der Waals surface area contributed by atoms with Gasteiger partial charge in [-0.3, -0.25) is 14.8 Å². The number of rotatable bonds is 4. The molecule has 0 spiro atoms. The van der Waals surface area contributed by atoms with Crippen LogP contribution in [-0.4, -0.2) is 21.2 Å². The number of aryl methyl sites for hydroxylation is 2. The van der Waals surface area contributed by atoms with Gasteiger partial charge in [0.2, 0.25) is 6.54 Å². The van der Waals surface area contributed by atoms with Crippen LogP contribution in [0.2, 0.25) is 10.0 Å². The lowest BCUT2D eigenvalue weighted by Gasteiger charge is -2.17. The fraction of sp³-hybridized carbons (Fsp3) is 0.308. The Bertz CT molecular complexity index is 655. The summed E-state index contributed by atoms with van der Waals surface area (Å²) < 4.78 is 1.63. The molecule has 1 aromatic carbocycles. The highest BCUT2D eigenvalue weighted by molar-refractivity contribution is 6.35. The van der Waals surface area contributed by atoms with Crippen molar-refractivity contribution in [1.82, 2.24) is 9.78 Å². The van der Waals surface area contributed by atoms with Crippen LogP contribution in [0.15, 0.2) is 24.3 Å². The van der Waals surface area contributed by atoms with E-state index >= 15 is 0 Å². The van der Waals surface area contributed by atoms with Gasteiger partial charge in [0, 0.05) is 26.2 Å². The van der Waals surface area contributed by atoms with E-state index in [1.165, 1.54) is 0 Å². The van der Waals surface area contributed by atoms with Gasteiger partial charge in [-0.05, 0) is 32.0 Å². The summed E-state index contributed by atoms with van der Waals surface area (Å²) in [4.78, 5) is 10.6. The molecule has 0 amide bonds. The number of hydrogen-bond acceptors (Lipinski definition) is 3. The summed E-state index contributed by atoms with van der Waals surface area (Å²) in [6.07, 6.45) is 0. The number of aromatic nitrogens is 2. The minimum Gasteiger partial charge on any atom is -0.264 e. The van der Waals surface area contributed by atoms with E-state index in [4.69, 9.17) is 23.2 Å². The first-order valence-electron chi connectivity index (χ1n) is 5.98. The zero-order valence-electron chi connectivity index (χ0n) is 11.0. The van der Waals surface area contributed by atoms with Gasteiger partial charge >= 0.3 is 0 Å². The average Bonchev–Trinajstić information content (AvgIpc) is 2.66. The lowest BCUT2D eigenvalue weighted by Crippen LogP contribution is -2.22. The molecule has 0 fully saturated rings. The van der Waals surface area contributed by atoms with Gasteiger partial charge in [-0.25, -0.2) is 0 Å². The maximum absolute atomic E-state index is 10.9. The normalized spacial score (nSPS) is 12.4. The first-order chi connectivity index (χ1) is 9.38. The van der Waals surface area contributed by atoms with Crippen molar-refractivity contribution in [2.75, 3.05) is 6.54 Å². The van der Waals surface area contributed by atoms with Crippen molar-refractivity contribution < 1.29 is 4.92 Å². The van der Waals surface area contributed by atoms with Crippen molar-refractivity contribution in [2.24, 2.45) is 0 Å². The van der Waals surface area contributed by atoms with Crippen LogP contribution in [0.1, 0.15) is 23.0 Å². The van der Waals surface area contributed by atoms with Crippen LogP contribution < -0.4 is 0 Å². The van der Waals surface area contributed by atoms with Gasteiger partial charge in [0.15, 0.2) is 0 Å². The Morgan fingerprint density at radius 3 is 2.55 bits per heavy atom. The predicted octanol–water partition coefficient (Wildman–Crippen LogP) is 3.67. The fourth-order valence-corrected chi connectivity index (χ4v) is 2.72. The molecule has 0 saturated heterocycles. The molecule has 0 saturated carbocycles. The maximum atomic E-state index is 10.9. The minimum atomic E-state index is -0.552. The molecule has 0 bridgehead atoms. The van der Waals surface area contributed by atoms with Crippen molar-refractivity contribution in [3.05, 3.63) is 61.4 Å². The number of nitrogens with zero attached hydrogens (tertiary/aromatic N) is 3. The molecule has 106 valence electrons. The Morgan fingerprint density at radius 2 is 2.05 bits per heavy atom. The van der Waals surface area contributed by atoms with Gasteiger partial charge in [-0.15, -0.1) is 0 Å². The summed E-state index contributed by atoms with van der Waals surface area (Å²) in [5, 5.41) is 16.2. The van der Waals surface area contributed by atoms with Gasteiger partial charge in [0.1, 0.15) is 6.04 Å². The molecule has 2 rings (SSSR count). The largest absolute Gasteiger partial charge is 0.264 e.